The number of halogens is 2. The fourth-order valence-corrected chi connectivity index (χ4v) is 1.90. The average molecular weight is 280 g/mol. The Morgan fingerprint density at radius 3 is 2.26 bits per heavy atom. The highest BCUT2D eigenvalue weighted by Gasteiger charge is 2.55. The molecule has 7 heteroatoms. The van der Waals surface area contributed by atoms with Crippen LogP contribution in [-0.4, -0.2) is 36.9 Å². The van der Waals surface area contributed by atoms with E-state index in [1.165, 1.54) is 20.8 Å². The second kappa shape index (κ2) is 5.81. The molecule has 0 aromatic carbocycles. The quantitative estimate of drug-likeness (QED) is 0.737. The van der Waals surface area contributed by atoms with Crippen molar-refractivity contribution in [1.29, 1.82) is 0 Å². The van der Waals surface area contributed by atoms with Gasteiger partial charge in [-0.1, -0.05) is 13.8 Å². The van der Waals surface area contributed by atoms with Gasteiger partial charge in [0.25, 0.3) is 5.92 Å². The first-order valence-corrected chi connectivity index (χ1v) is 6.00. The van der Waals surface area contributed by atoms with Gasteiger partial charge in [-0.05, 0) is 0 Å². The summed E-state index contributed by atoms with van der Waals surface area (Å²) in [6, 6.07) is 0. The van der Waals surface area contributed by atoms with Crippen LogP contribution in [0.3, 0.4) is 0 Å². The van der Waals surface area contributed by atoms with Crippen LogP contribution in [0, 0.1) is 11.8 Å². The summed E-state index contributed by atoms with van der Waals surface area (Å²) < 4.78 is 42.5. The third-order valence-corrected chi connectivity index (χ3v) is 3.27. The Morgan fingerprint density at radius 1 is 1.21 bits per heavy atom. The number of carbonyl (C=O) groups is 2. The highest BCUT2D eigenvalue weighted by molar-refractivity contribution is 5.66. The van der Waals surface area contributed by atoms with E-state index < -0.39 is 48.7 Å². The molecule has 4 atom stereocenters. The molecular weight excluding hydrogens is 262 g/mol. The molecule has 0 aliphatic carbocycles. The van der Waals surface area contributed by atoms with Gasteiger partial charge in [-0.25, -0.2) is 8.78 Å². The van der Waals surface area contributed by atoms with Crippen molar-refractivity contribution in [3.8, 4) is 0 Å². The third kappa shape index (κ3) is 3.62. The Balaban J connectivity index is 2.82. The second-order valence-corrected chi connectivity index (χ2v) is 4.73. The van der Waals surface area contributed by atoms with Crippen LogP contribution in [0.5, 0.6) is 0 Å². The molecule has 1 heterocycles. The summed E-state index contributed by atoms with van der Waals surface area (Å²) in [5.41, 5.74) is 0. The lowest BCUT2D eigenvalue weighted by atomic mass is 9.84. The van der Waals surface area contributed by atoms with Crippen LogP contribution in [0.2, 0.25) is 0 Å². The maximum Gasteiger partial charge on any atom is 0.304 e. The zero-order valence-electron chi connectivity index (χ0n) is 11.3. The van der Waals surface area contributed by atoms with Gasteiger partial charge in [-0.15, -0.1) is 0 Å². The number of alkyl halides is 2. The Hall–Kier alpha value is -1.24. The number of hydrogen-bond acceptors (Lipinski definition) is 5. The van der Waals surface area contributed by atoms with E-state index in [-0.39, 0.29) is 0 Å². The van der Waals surface area contributed by atoms with Crippen LogP contribution in [-0.2, 0) is 23.8 Å². The standard InChI is InChI=1S/C12H18F2O5/c1-6-7(2)12(13,14)10(5-17-8(3)15)19-11(6)18-9(4)16/h6-7,10-11H,5H2,1-4H3. The molecule has 1 aliphatic heterocycles. The first-order valence-electron chi connectivity index (χ1n) is 6.00. The van der Waals surface area contributed by atoms with Gasteiger partial charge in [-0.2, -0.15) is 0 Å². The van der Waals surface area contributed by atoms with Crippen LogP contribution in [0.1, 0.15) is 27.7 Å². The van der Waals surface area contributed by atoms with Crippen LogP contribution in [0.4, 0.5) is 8.78 Å². The summed E-state index contributed by atoms with van der Waals surface area (Å²) in [5.74, 6) is -6.17. The summed E-state index contributed by atoms with van der Waals surface area (Å²) in [6.07, 6.45) is -2.68. The van der Waals surface area contributed by atoms with Crippen LogP contribution in [0.15, 0.2) is 0 Å². The predicted octanol–water partition coefficient (Wildman–Crippen LogP) is 1.74. The smallest absolute Gasteiger partial charge is 0.304 e. The molecule has 0 amide bonds. The monoisotopic (exact) mass is 280 g/mol. The van der Waals surface area contributed by atoms with Crippen molar-refractivity contribution >= 4 is 11.9 Å². The zero-order chi connectivity index (χ0) is 14.8. The molecule has 0 aromatic heterocycles. The molecule has 1 saturated heterocycles. The molecule has 0 aromatic rings. The van der Waals surface area contributed by atoms with E-state index in [1.54, 1.807) is 0 Å². The van der Waals surface area contributed by atoms with Crippen LogP contribution in [0.25, 0.3) is 0 Å². The largest absolute Gasteiger partial charge is 0.463 e. The normalized spacial score (nSPS) is 33.6. The number of carbonyl (C=O) groups excluding carboxylic acids is 2. The maximum atomic E-state index is 14.0. The highest BCUT2D eigenvalue weighted by atomic mass is 19.3. The van der Waals surface area contributed by atoms with Gasteiger partial charge in [0.1, 0.15) is 6.61 Å². The number of hydrogen-bond donors (Lipinski definition) is 0. The summed E-state index contributed by atoms with van der Waals surface area (Å²) in [4.78, 5) is 21.6. The van der Waals surface area contributed by atoms with Crippen molar-refractivity contribution in [3.05, 3.63) is 0 Å². The maximum absolute atomic E-state index is 14.0. The minimum absolute atomic E-state index is 0.572. The molecule has 1 aliphatic rings. The van der Waals surface area contributed by atoms with E-state index in [1.807, 2.05) is 0 Å². The molecule has 0 bridgehead atoms. The van der Waals surface area contributed by atoms with Crippen molar-refractivity contribution in [2.45, 2.75) is 46.0 Å². The summed E-state index contributed by atoms with van der Waals surface area (Å²) >= 11 is 0. The van der Waals surface area contributed by atoms with Crippen molar-refractivity contribution in [3.63, 3.8) is 0 Å². The minimum atomic E-state index is -3.16. The van der Waals surface area contributed by atoms with Crippen LogP contribution < -0.4 is 0 Å². The number of rotatable bonds is 3. The van der Waals surface area contributed by atoms with Gasteiger partial charge in [0.05, 0.1) is 0 Å². The first kappa shape index (κ1) is 15.8. The minimum Gasteiger partial charge on any atom is -0.463 e. The van der Waals surface area contributed by atoms with Gasteiger partial charge >= 0.3 is 11.9 Å². The molecular formula is C12H18F2O5. The Morgan fingerprint density at radius 2 is 1.79 bits per heavy atom. The second-order valence-electron chi connectivity index (χ2n) is 4.73. The molecule has 4 unspecified atom stereocenters. The summed E-state index contributed by atoms with van der Waals surface area (Å²) in [6.45, 7) is 4.60. The van der Waals surface area contributed by atoms with Gasteiger partial charge in [0.2, 0.25) is 6.29 Å². The van der Waals surface area contributed by atoms with Crippen LogP contribution >= 0.6 is 0 Å². The average Bonchev–Trinajstić information content (AvgIpc) is 2.28. The van der Waals surface area contributed by atoms with Gasteiger partial charge in [-0.3, -0.25) is 9.59 Å². The number of esters is 2. The molecule has 0 spiro atoms. The van der Waals surface area contributed by atoms with E-state index in [4.69, 9.17) is 9.47 Å². The lowest BCUT2D eigenvalue weighted by molar-refractivity contribution is -0.307. The van der Waals surface area contributed by atoms with Gasteiger partial charge < -0.3 is 14.2 Å². The summed E-state index contributed by atoms with van der Waals surface area (Å²) in [5, 5.41) is 0. The van der Waals surface area contributed by atoms with E-state index >= 15 is 0 Å². The molecule has 1 rings (SSSR count). The van der Waals surface area contributed by atoms with Gasteiger partial charge in [0, 0.05) is 25.7 Å². The van der Waals surface area contributed by atoms with Crippen molar-refractivity contribution in [1.82, 2.24) is 0 Å². The topological polar surface area (TPSA) is 61.8 Å². The SMILES string of the molecule is CC(=O)OCC1OC(OC(C)=O)C(C)C(C)C1(F)F. The molecule has 110 valence electrons. The highest BCUT2D eigenvalue weighted by Crippen LogP contribution is 2.42. The Kier molecular flexibility index (Phi) is 4.84. The first-order chi connectivity index (χ1) is 8.66. The molecule has 5 nitrogen and oxygen atoms in total. The Labute approximate surface area is 110 Å². The summed E-state index contributed by atoms with van der Waals surface area (Å²) in [7, 11) is 0. The predicted molar refractivity (Wildman–Crippen MR) is 60.3 cm³/mol. The molecule has 19 heavy (non-hydrogen) atoms. The lowest BCUT2D eigenvalue weighted by Crippen LogP contribution is -2.56. The van der Waals surface area contributed by atoms with Crippen molar-refractivity contribution in [2.75, 3.05) is 6.61 Å². The molecule has 0 N–H and O–H groups in total. The fourth-order valence-electron chi connectivity index (χ4n) is 1.90. The Bertz CT molecular complexity index is 358. The third-order valence-electron chi connectivity index (χ3n) is 3.27. The fraction of sp³-hybridized carbons (Fsp3) is 0.833. The van der Waals surface area contributed by atoms with Crippen molar-refractivity contribution < 1.29 is 32.6 Å². The molecule has 0 radical (unpaired) electrons. The molecule has 0 saturated carbocycles. The number of ether oxygens (including phenoxy) is 3. The van der Waals surface area contributed by atoms with E-state index in [9.17, 15) is 18.4 Å². The van der Waals surface area contributed by atoms with Gasteiger partial charge in [0.15, 0.2) is 6.10 Å². The van der Waals surface area contributed by atoms with Crippen molar-refractivity contribution in [2.24, 2.45) is 11.8 Å². The van der Waals surface area contributed by atoms with E-state index in [0.717, 1.165) is 6.92 Å². The lowest BCUT2D eigenvalue weighted by Gasteiger charge is -2.43. The van der Waals surface area contributed by atoms with E-state index in [0.29, 0.717) is 0 Å². The van der Waals surface area contributed by atoms with E-state index in [2.05, 4.69) is 4.74 Å². The zero-order valence-corrected chi connectivity index (χ0v) is 11.3. The molecule has 1 fully saturated rings.